The molecule has 132 valence electrons. The number of hydrogen-bond acceptors (Lipinski definition) is 2. The quantitative estimate of drug-likeness (QED) is 0.350. The van der Waals surface area contributed by atoms with Gasteiger partial charge in [0.2, 0.25) is 0 Å². The van der Waals surface area contributed by atoms with Crippen molar-refractivity contribution < 1.29 is 0 Å². The number of thiocyanates is 1. The minimum absolute atomic E-state index is 1.23. The van der Waals surface area contributed by atoms with Crippen molar-refractivity contribution in [2.24, 2.45) is 0 Å². The van der Waals surface area contributed by atoms with Crippen LogP contribution in [0.5, 0.6) is 0 Å². The molecule has 0 saturated heterocycles. The Morgan fingerprint density at radius 3 is 1.31 bits per heavy atom. The molecule has 0 aliphatic rings. The van der Waals surface area contributed by atoms with Crippen LogP contribution in [0.3, 0.4) is 0 Å². The maximum atomic E-state index is 7.13. The van der Waals surface area contributed by atoms with E-state index in [4.69, 9.17) is 5.26 Å². The van der Waals surface area contributed by atoms with Gasteiger partial charge in [-0.2, -0.15) is 0 Å². The zero-order valence-corrected chi connectivity index (χ0v) is 16.8. The summed E-state index contributed by atoms with van der Waals surface area (Å²) in [6, 6.07) is 33.4. The van der Waals surface area contributed by atoms with Crippen LogP contribution < -0.4 is 15.9 Å². The van der Waals surface area contributed by atoms with Gasteiger partial charge in [0.1, 0.15) is 23.2 Å². The fraction of sp³-hybridized carbons (Fsp3) is 0.174. The average Bonchev–Trinajstić information content (AvgIpc) is 2.72. The minimum Gasteiger partial charge on any atom is -0.696 e. The Bertz CT molecular complexity index is 701. The Kier molecular flexibility index (Phi) is 8.29. The highest BCUT2D eigenvalue weighted by Crippen LogP contribution is 2.55. The summed E-state index contributed by atoms with van der Waals surface area (Å²) in [5, 5.41) is 12.9. The Labute approximate surface area is 163 Å². The Morgan fingerprint density at radius 1 is 0.731 bits per heavy atom. The molecule has 0 N–H and O–H groups in total. The lowest BCUT2D eigenvalue weighted by Crippen LogP contribution is -2.33. The topological polar surface area (TPSA) is 23.8 Å². The second kappa shape index (κ2) is 10.7. The molecule has 0 radical (unpaired) electrons. The Balaban J connectivity index is 0.000000758. The second-order valence-electron chi connectivity index (χ2n) is 5.98. The molecule has 0 aromatic heterocycles. The lowest BCUT2D eigenvalue weighted by atomic mass is 10.3. The van der Waals surface area contributed by atoms with Crippen molar-refractivity contribution in [2.45, 2.75) is 19.8 Å². The van der Waals surface area contributed by atoms with Crippen molar-refractivity contribution in [2.75, 3.05) is 6.16 Å². The molecule has 3 heteroatoms. The van der Waals surface area contributed by atoms with Gasteiger partial charge < -0.3 is 12.6 Å². The van der Waals surface area contributed by atoms with Crippen molar-refractivity contribution in [3.8, 4) is 5.40 Å². The number of rotatable bonds is 6. The van der Waals surface area contributed by atoms with Crippen LogP contribution in [0.25, 0.3) is 0 Å². The molecular weight excluding hydrogens is 353 g/mol. The van der Waals surface area contributed by atoms with E-state index in [0.717, 1.165) is 0 Å². The third kappa shape index (κ3) is 4.70. The number of nitriles is 1. The zero-order chi connectivity index (χ0) is 18.7. The van der Waals surface area contributed by atoms with Crippen LogP contribution in [-0.2, 0) is 12.6 Å². The van der Waals surface area contributed by atoms with Gasteiger partial charge in [0.25, 0.3) is 0 Å². The fourth-order valence-corrected chi connectivity index (χ4v) is 7.78. The molecule has 0 amide bonds. The maximum absolute atomic E-state index is 7.13. The molecule has 0 saturated carbocycles. The first-order valence-corrected chi connectivity index (χ1v) is 11.2. The van der Waals surface area contributed by atoms with E-state index >= 15 is 0 Å². The molecule has 0 aliphatic carbocycles. The van der Waals surface area contributed by atoms with E-state index in [1.807, 2.05) is 0 Å². The zero-order valence-electron chi connectivity index (χ0n) is 15.1. The molecule has 26 heavy (non-hydrogen) atoms. The molecule has 3 aromatic carbocycles. The highest BCUT2D eigenvalue weighted by molar-refractivity contribution is 7.95. The van der Waals surface area contributed by atoms with Crippen molar-refractivity contribution in [1.29, 1.82) is 5.26 Å². The monoisotopic (exact) mass is 377 g/mol. The van der Waals surface area contributed by atoms with Gasteiger partial charge in [-0.3, -0.25) is 0 Å². The largest absolute Gasteiger partial charge is 0.696 e. The van der Waals surface area contributed by atoms with Crippen molar-refractivity contribution in [3.63, 3.8) is 0 Å². The van der Waals surface area contributed by atoms with Crippen LogP contribution in [0, 0.1) is 10.7 Å². The Morgan fingerprint density at radius 2 is 1.04 bits per heavy atom. The van der Waals surface area contributed by atoms with E-state index in [1.165, 1.54) is 40.3 Å². The molecule has 3 aromatic rings. The number of unbranched alkanes of at least 4 members (excludes halogenated alkanes) is 1. The summed E-state index contributed by atoms with van der Waals surface area (Å²) < 4.78 is 0. The van der Waals surface area contributed by atoms with Gasteiger partial charge in [0.15, 0.2) is 0 Å². The molecule has 1 nitrogen and oxygen atoms in total. The van der Waals surface area contributed by atoms with Gasteiger partial charge in [0, 0.05) is 0 Å². The van der Waals surface area contributed by atoms with Gasteiger partial charge in [-0.05, 0) is 42.8 Å². The summed E-state index contributed by atoms with van der Waals surface area (Å²) in [5.74, 6) is 0. The lowest BCUT2D eigenvalue weighted by Gasteiger charge is -2.27. The Hall–Kier alpha value is -2.20. The summed E-state index contributed by atoms with van der Waals surface area (Å²) in [6.45, 7) is 2.29. The van der Waals surface area contributed by atoms with Crippen molar-refractivity contribution in [3.05, 3.63) is 91.0 Å². The van der Waals surface area contributed by atoms with E-state index in [2.05, 4.69) is 111 Å². The van der Waals surface area contributed by atoms with E-state index in [0.29, 0.717) is 0 Å². The van der Waals surface area contributed by atoms with Crippen LogP contribution in [0.1, 0.15) is 19.8 Å². The molecule has 0 atom stereocenters. The van der Waals surface area contributed by atoms with Gasteiger partial charge in [-0.1, -0.05) is 73.3 Å². The SMILES string of the molecule is CCCC[P+](c1ccccc1)(c1ccccc1)c1ccccc1.N#C[S-]. The predicted octanol–water partition coefficient (Wildman–Crippen LogP) is 4.79. The summed E-state index contributed by atoms with van der Waals surface area (Å²) in [7, 11) is -1.57. The minimum atomic E-state index is -1.57. The van der Waals surface area contributed by atoms with Crippen LogP contribution in [0.4, 0.5) is 0 Å². The third-order valence-corrected chi connectivity index (χ3v) is 8.96. The summed E-state index contributed by atoms with van der Waals surface area (Å²) in [5.41, 5.74) is 0. The van der Waals surface area contributed by atoms with Crippen molar-refractivity contribution >= 4 is 35.8 Å². The molecular formula is C23H24NPS. The van der Waals surface area contributed by atoms with Gasteiger partial charge in [-0.25, -0.2) is 5.26 Å². The van der Waals surface area contributed by atoms with E-state index in [1.54, 1.807) is 0 Å². The second-order valence-corrected chi connectivity index (χ2v) is 9.78. The first kappa shape index (κ1) is 20.1. The maximum Gasteiger partial charge on any atom is 0.112 e. The number of nitrogens with zero attached hydrogens (tertiary/aromatic N) is 1. The summed E-state index contributed by atoms with van der Waals surface area (Å²) in [6.07, 6.45) is 3.72. The molecule has 3 rings (SSSR count). The number of benzene rings is 3. The molecule has 0 aliphatic heterocycles. The first-order valence-electron chi connectivity index (χ1n) is 8.85. The predicted molar refractivity (Wildman–Crippen MR) is 118 cm³/mol. The molecule has 0 bridgehead atoms. The lowest BCUT2D eigenvalue weighted by molar-refractivity contribution is 0.891. The fourth-order valence-electron chi connectivity index (χ4n) is 3.28. The molecule has 0 spiro atoms. The van der Waals surface area contributed by atoms with E-state index < -0.39 is 7.26 Å². The van der Waals surface area contributed by atoms with Crippen LogP contribution in [0.2, 0.25) is 0 Å². The average molecular weight is 377 g/mol. The van der Waals surface area contributed by atoms with Gasteiger partial charge in [-0.15, -0.1) is 0 Å². The third-order valence-electron chi connectivity index (χ3n) is 4.44. The highest BCUT2D eigenvalue weighted by Gasteiger charge is 2.44. The van der Waals surface area contributed by atoms with Crippen LogP contribution in [0.15, 0.2) is 91.0 Å². The number of hydrogen-bond donors (Lipinski definition) is 0. The standard InChI is InChI=1S/C22H24P.CHNS/c1-2-3-19-23(20-13-7-4-8-14-20,21-15-9-5-10-16-21)22-17-11-6-12-18-22;2-1-3/h4-18H,2-3,19H2,1H3;3H/q+1;/p-1. The van der Waals surface area contributed by atoms with E-state index in [9.17, 15) is 0 Å². The van der Waals surface area contributed by atoms with Crippen LogP contribution >= 0.6 is 7.26 Å². The first-order chi connectivity index (χ1) is 12.8. The smallest absolute Gasteiger partial charge is 0.112 e. The van der Waals surface area contributed by atoms with Crippen molar-refractivity contribution in [1.82, 2.24) is 0 Å². The molecule has 0 unspecified atom stereocenters. The summed E-state index contributed by atoms with van der Waals surface area (Å²) in [4.78, 5) is 0. The highest BCUT2D eigenvalue weighted by atomic mass is 32.1. The van der Waals surface area contributed by atoms with E-state index in [-0.39, 0.29) is 0 Å². The molecule has 0 fully saturated rings. The van der Waals surface area contributed by atoms with Crippen LogP contribution in [-0.4, -0.2) is 6.16 Å². The van der Waals surface area contributed by atoms with Gasteiger partial charge in [0.05, 0.1) is 6.16 Å². The summed E-state index contributed by atoms with van der Waals surface area (Å²) >= 11 is 3.70. The van der Waals surface area contributed by atoms with Gasteiger partial charge >= 0.3 is 0 Å². The molecule has 0 heterocycles. The normalized spacial score (nSPS) is 10.3.